The first-order valence-corrected chi connectivity index (χ1v) is 10.7. The van der Waals surface area contributed by atoms with Gasteiger partial charge in [-0.1, -0.05) is 30.3 Å². The van der Waals surface area contributed by atoms with Crippen LogP contribution in [0.1, 0.15) is 35.4 Å². The second kappa shape index (κ2) is 8.33. The number of fused-ring (bicyclic) bond motifs is 1. The molecule has 0 amide bonds. The van der Waals surface area contributed by atoms with Crippen LogP contribution in [-0.4, -0.2) is 37.4 Å². The van der Waals surface area contributed by atoms with Crippen molar-refractivity contribution in [3.8, 4) is 11.5 Å². The summed E-state index contributed by atoms with van der Waals surface area (Å²) in [5, 5.41) is 0. The van der Waals surface area contributed by atoms with E-state index in [-0.39, 0.29) is 18.8 Å². The lowest BCUT2D eigenvalue weighted by molar-refractivity contribution is -0.137. The topological polar surface area (TPSA) is 45.8 Å². The van der Waals surface area contributed by atoms with Crippen molar-refractivity contribution in [1.29, 1.82) is 0 Å². The van der Waals surface area contributed by atoms with E-state index in [2.05, 4.69) is 21.8 Å². The van der Waals surface area contributed by atoms with Gasteiger partial charge in [0.2, 0.25) is 6.79 Å². The Morgan fingerprint density at radius 3 is 2.65 bits per heavy atom. The van der Waals surface area contributed by atoms with Crippen molar-refractivity contribution in [2.24, 2.45) is 5.92 Å². The molecule has 8 heteroatoms. The number of alkyl halides is 3. The zero-order chi connectivity index (χ0) is 21.4. The standard InChI is InChI=1S/C23H26F3N3O2/c24-23(25,26)18-5-1-3-16(11-18)19-12-27-28-21(19)15-7-9-29(10-8-15)13-17-4-2-6-20-22(17)31-14-30-20/h1-6,11,15,19,21,27-28H,7-10,12-14H2. The molecule has 3 heterocycles. The van der Waals surface area contributed by atoms with Crippen molar-refractivity contribution in [1.82, 2.24) is 15.8 Å². The summed E-state index contributed by atoms with van der Waals surface area (Å²) >= 11 is 0. The predicted molar refractivity (Wildman–Crippen MR) is 110 cm³/mol. The van der Waals surface area contributed by atoms with E-state index in [1.807, 2.05) is 18.2 Å². The van der Waals surface area contributed by atoms with E-state index in [1.165, 1.54) is 12.1 Å². The van der Waals surface area contributed by atoms with E-state index in [9.17, 15) is 13.2 Å². The Bertz CT molecular complexity index is 929. The Kier molecular flexibility index (Phi) is 5.54. The minimum absolute atomic E-state index is 0.0294. The number of nitrogens with zero attached hydrogens (tertiary/aromatic N) is 1. The van der Waals surface area contributed by atoms with E-state index in [1.54, 1.807) is 0 Å². The quantitative estimate of drug-likeness (QED) is 0.766. The maximum Gasteiger partial charge on any atom is 0.416 e. The summed E-state index contributed by atoms with van der Waals surface area (Å²) in [7, 11) is 0. The van der Waals surface area contributed by atoms with Gasteiger partial charge in [0.25, 0.3) is 0 Å². The Balaban J connectivity index is 1.23. The maximum absolute atomic E-state index is 13.2. The van der Waals surface area contributed by atoms with Crippen LogP contribution in [0.4, 0.5) is 13.2 Å². The molecule has 2 aromatic carbocycles. The molecule has 0 spiro atoms. The van der Waals surface area contributed by atoms with Crippen LogP contribution in [0.15, 0.2) is 42.5 Å². The number of para-hydroxylation sites is 1. The lowest BCUT2D eigenvalue weighted by Crippen LogP contribution is -2.44. The average Bonchev–Trinajstić information content (AvgIpc) is 3.44. The molecule has 0 radical (unpaired) electrons. The molecular weight excluding hydrogens is 407 g/mol. The van der Waals surface area contributed by atoms with Crippen LogP contribution in [0.5, 0.6) is 11.5 Å². The van der Waals surface area contributed by atoms with Crippen LogP contribution in [0.25, 0.3) is 0 Å². The number of hydrogen-bond acceptors (Lipinski definition) is 5. The zero-order valence-corrected chi connectivity index (χ0v) is 17.1. The van der Waals surface area contributed by atoms with E-state index >= 15 is 0 Å². The lowest BCUT2D eigenvalue weighted by Gasteiger charge is -2.36. The van der Waals surface area contributed by atoms with E-state index in [0.29, 0.717) is 12.5 Å². The third-order valence-corrected chi connectivity index (χ3v) is 6.68. The molecule has 0 aromatic heterocycles. The van der Waals surface area contributed by atoms with Crippen molar-refractivity contribution < 1.29 is 22.6 Å². The molecule has 0 bridgehead atoms. The van der Waals surface area contributed by atoms with Crippen LogP contribution in [0.2, 0.25) is 0 Å². The highest BCUT2D eigenvalue weighted by Gasteiger charge is 2.38. The van der Waals surface area contributed by atoms with Crippen LogP contribution in [0.3, 0.4) is 0 Å². The molecule has 0 saturated carbocycles. The Morgan fingerprint density at radius 2 is 1.84 bits per heavy atom. The SMILES string of the molecule is FC(F)(F)c1cccc(C2CNNC2C2CCN(Cc3cccc4c3OCO4)CC2)c1. The summed E-state index contributed by atoms with van der Waals surface area (Å²) in [4.78, 5) is 2.41. The molecule has 2 atom stereocenters. The molecule has 2 unspecified atom stereocenters. The molecule has 2 aromatic rings. The van der Waals surface area contributed by atoms with Gasteiger partial charge >= 0.3 is 6.18 Å². The smallest absolute Gasteiger partial charge is 0.416 e. The van der Waals surface area contributed by atoms with Gasteiger partial charge in [0.15, 0.2) is 11.5 Å². The second-order valence-corrected chi connectivity index (χ2v) is 8.55. The molecule has 3 aliphatic rings. The number of rotatable bonds is 4. The van der Waals surface area contributed by atoms with Gasteiger partial charge in [-0.3, -0.25) is 15.8 Å². The number of likely N-dealkylation sites (tertiary alicyclic amines) is 1. The van der Waals surface area contributed by atoms with Crippen LogP contribution in [-0.2, 0) is 12.7 Å². The molecular formula is C23H26F3N3O2. The summed E-state index contributed by atoms with van der Waals surface area (Å²) in [6.45, 7) is 3.61. The summed E-state index contributed by atoms with van der Waals surface area (Å²) < 4.78 is 50.6. The van der Waals surface area contributed by atoms with Gasteiger partial charge < -0.3 is 9.47 Å². The molecule has 31 heavy (non-hydrogen) atoms. The average molecular weight is 433 g/mol. The molecule has 5 rings (SSSR count). The monoisotopic (exact) mass is 433 g/mol. The van der Waals surface area contributed by atoms with Crippen molar-refractivity contribution in [2.45, 2.75) is 37.5 Å². The lowest BCUT2D eigenvalue weighted by atomic mass is 9.80. The molecule has 0 aliphatic carbocycles. The molecule has 2 saturated heterocycles. The summed E-state index contributed by atoms with van der Waals surface area (Å²) in [6, 6.07) is 11.9. The van der Waals surface area contributed by atoms with Crippen molar-refractivity contribution >= 4 is 0 Å². The fourth-order valence-electron chi connectivity index (χ4n) is 5.06. The highest BCUT2D eigenvalue weighted by Crippen LogP contribution is 2.38. The maximum atomic E-state index is 13.2. The van der Waals surface area contributed by atoms with E-state index < -0.39 is 11.7 Å². The normalized spacial score (nSPS) is 24.6. The van der Waals surface area contributed by atoms with Gasteiger partial charge in [-0.05, 0) is 49.5 Å². The Hall–Kier alpha value is -2.29. The van der Waals surface area contributed by atoms with Gasteiger partial charge in [0, 0.05) is 30.6 Å². The van der Waals surface area contributed by atoms with Gasteiger partial charge in [-0.2, -0.15) is 13.2 Å². The molecule has 2 fully saturated rings. The molecule has 3 aliphatic heterocycles. The predicted octanol–water partition coefficient (Wildman–Crippen LogP) is 3.91. The van der Waals surface area contributed by atoms with Crippen LogP contribution in [0, 0.1) is 5.92 Å². The second-order valence-electron chi connectivity index (χ2n) is 8.55. The Morgan fingerprint density at radius 1 is 1.03 bits per heavy atom. The third-order valence-electron chi connectivity index (χ3n) is 6.68. The summed E-state index contributed by atoms with van der Waals surface area (Å²) in [5.74, 6) is 2.09. The van der Waals surface area contributed by atoms with Crippen molar-refractivity contribution in [3.05, 3.63) is 59.2 Å². The highest BCUT2D eigenvalue weighted by molar-refractivity contribution is 5.48. The number of nitrogens with one attached hydrogen (secondary N) is 2. The number of hydrazine groups is 1. The first kappa shape index (κ1) is 20.6. The number of piperidine rings is 1. The number of ether oxygens (including phenoxy) is 2. The fraction of sp³-hybridized carbons (Fsp3) is 0.478. The minimum atomic E-state index is -4.32. The summed E-state index contributed by atoms with van der Waals surface area (Å²) in [5.41, 5.74) is 7.83. The van der Waals surface area contributed by atoms with Gasteiger partial charge in [0.05, 0.1) is 5.56 Å². The largest absolute Gasteiger partial charge is 0.454 e. The molecule has 2 N–H and O–H groups in total. The number of hydrogen-bond donors (Lipinski definition) is 2. The molecule has 166 valence electrons. The molecule has 5 nitrogen and oxygen atoms in total. The number of halogens is 3. The van der Waals surface area contributed by atoms with E-state index in [4.69, 9.17) is 9.47 Å². The van der Waals surface area contributed by atoms with Crippen LogP contribution < -0.4 is 20.3 Å². The Labute approximate surface area is 179 Å². The summed E-state index contributed by atoms with van der Waals surface area (Å²) in [6.07, 6.45) is -2.31. The van der Waals surface area contributed by atoms with Crippen molar-refractivity contribution in [3.63, 3.8) is 0 Å². The van der Waals surface area contributed by atoms with Gasteiger partial charge in [-0.25, -0.2) is 0 Å². The minimum Gasteiger partial charge on any atom is -0.454 e. The third kappa shape index (κ3) is 4.24. The van der Waals surface area contributed by atoms with E-state index in [0.717, 1.165) is 61.2 Å². The van der Waals surface area contributed by atoms with Crippen molar-refractivity contribution in [2.75, 3.05) is 26.4 Å². The van der Waals surface area contributed by atoms with Gasteiger partial charge in [0.1, 0.15) is 0 Å². The first-order chi connectivity index (χ1) is 15.0. The van der Waals surface area contributed by atoms with Gasteiger partial charge in [-0.15, -0.1) is 0 Å². The van der Waals surface area contributed by atoms with Crippen LogP contribution >= 0.6 is 0 Å². The number of benzene rings is 2. The highest BCUT2D eigenvalue weighted by atomic mass is 19.4. The zero-order valence-electron chi connectivity index (χ0n) is 17.1. The first-order valence-electron chi connectivity index (χ1n) is 10.7. The fourth-order valence-corrected chi connectivity index (χ4v) is 5.06.